The van der Waals surface area contributed by atoms with Gasteiger partial charge in [-0.2, -0.15) is 11.8 Å². The van der Waals surface area contributed by atoms with E-state index < -0.39 is 0 Å². The molecule has 6 nitrogen and oxygen atoms in total. The fraction of sp³-hybridized carbons (Fsp3) is 0.286. The molecule has 1 fully saturated rings. The number of anilines is 2. The number of benzene rings is 2. The highest BCUT2D eigenvalue weighted by Crippen LogP contribution is 2.30. The number of carbonyl (C=O) groups is 2. The minimum atomic E-state index is -0.192. The fourth-order valence-electron chi connectivity index (χ4n) is 3.57. The molecule has 0 saturated carbocycles. The summed E-state index contributed by atoms with van der Waals surface area (Å²) in [5, 5.41) is 3.34. The predicted octanol–water partition coefficient (Wildman–Crippen LogP) is 4.32. The molecule has 2 heterocycles. The van der Waals surface area contributed by atoms with E-state index in [1.807, 2.05) is 35.1 Å². The molecule has 150 valence electrons. The summed E-state index contributed by atoms with van der Waals surface area (Å²) in [6, 6.07) is 13.1. The van der Waals surface area contributed by atoms with Crippen LogP contribution >= 0.6 is 23.4 Å². The molecule has 29 heavy (non-hydrogen) atoms. The van der Waals surface area contributed by atoms with Crippen molar-refractivity contribution < 1.29 is 9.59 Å². The van der Waals surface area contributed by atoms with Gasteiger partial charge in [-0.25, -0.2) is 4.98 Å². The smallest absolute Gasteiger partial charge is 0.244 e. The maximum atomic E-state index is 12.8. The zero-order valence-electron chi connectivity index (χ0n) is 16.0. The summed E-state index contributed by atoms with van der Waals surface area (Å²) in [6.07, 6.45) is 3.40. The average Bonchev–Trinajstić information content (AvgIpc) is 3.28. The molecule has 0 unspecified atom stereocenters. The van der Waals surface area contributed by atoms with Gasteiger partial charge in [0.05, 0.1) is 27.5 Å². The first-order valence-corrected chi connectivity index (χ1v) is 11.2. The lowest BCUT2D eigenvalue weighted by Gasteiger charge is -2.18. The van der Waals surface area contributed by atoms with E-state index in [9.17, 15) is 9.59 Å². The molecule has 0 atom stereocenters. The molecule has 0 aliphatic carbocycles. The van der Waals surface area contributed by atoms with Gasteiger partial charge >= 0.3 is 0 Å². The van der Waals surface area contributed by atoms with E-state index in [1.165, 1.54) is 0 Å². The van der Waals surface area contributed by atoms with Crippen molar-refractivity contribution in [2.24, 2.45) is 0 Å². The number of rotatable bonds is 6. The Hall–Kier alpha value is -2.51. The van der Waals surface area contributed by atoms with Gasteiger partial charge < -0.3 is 14.8 Å². The molecular formula is C21H21ClN4O2S. The van der Waals surface area contributed by atoms with Crippen LogP contribution in [0, 0.1) is 0 Å². The van der Waals surface area contributed by atoms with E-state index in [2.05, 4.69) is 10.3 Å². The van der Waals surface area contributed by atoms with Gasteiger partial charge in [0, 0.05) is 18.7 Å². The average molecular weight is 429 g/mol. The number of imidazole rings is 1. The summed E-state index contributed by atoms with van der Waals surface area (Å²) in [4.78, 5) is 31.2. The van der Waals surface area contributed by atoms with Crippen LogP contribution in [0.25, 0.3) is 11.0 Å². The molecule has 4 rings (SSSR count). The van der Waals surface area contributed by atoms with Crippen molar-refractivity contribution in [1.82, 2.24) is 9.55 Å². The first-order valence-electron chi connectivity index (χ1n) is 9.39. The summed E-state index contributed by atoms with van der Waals surface area (Å²) in [7, 11) is 0. The maximum Gasteiger partial charge on any atom is 0.244 e. The van der Waals surface area contributed by atoms with Crippen molar-refractivity contribution in [3.05, 3.63) is 53.3 Å². The minimum Gasteiger partial charge on any atom is -0.323 e. The Balaban J connectivity index is 1.57. The third kappa shape index (κ3) is 4.11. The number of hydrogen-bond acceptors (Lipinski definition) is 4. The topological polar surface area (TPSA) is 67.2 Å². The minimum absolute atomic E-state index is 0.0937. The number of thioether (sulfide) groups is 1. The highest BCUT2D eigenvalue weighted by molar-refractivity contribution is 7.97. The Kier molecular flexibility index (Phi) is 5.78. The van der Waals surface area contributed by atoms with Crippen LogP contribution in [0.15, 0.2) is 42.5 Å². The molecule has 0 bridgehead atoms. The molecule has 1 saturated heterocycles. The molecule has 1 aliphatic heterocycles. The van der Waals surface area contributed by atoms with Crippen molar-refractivity contribution in [1.29, 1.82) is 0 Å². The summed E-state index contributed by atoms with van der Waals surface area (Å²) >= 11 is 7.96. The molecule has 2 aromatic carbocycles. The SMILES string of the molecule is CSCc1nc2ccccc2n1CC(=O)Nc1cc(N2CCCC2=O)ccc1Cl. The number of aromatic nitrogens is 2. The zero-order valence-corrected chi connectivity index (χ0v) is 17.6. The monoisotopic (exact) mass is 428 g/mol. The fourth-order valence-corrected chi connectivity index (χ4v) is 4.22. The van der Waals surface area contributed by atoms with Gasteiger partial charge in [0.2, 0.25) is 11.8 Å². The second-order valence-electron chi connectivity index (χ2n) is 6.90. The number of halogens is 1. The van der Waals surface area contributed by atoms with Crippen LogP contribution in [0.2, 0.25) is 5.02 Å². The van der Waals surface area contributed by atoms with Crippen molar-refractivity contribution in [2.75, 3.05) is 23.0 Å². The van der Waals surface area contributed by atoms with Gasteiger partial charge in [0.1, 0.15) is 12.4 Å². The Morgan fingerprint density at radius 2 is 2.10 bits per heavy atom. The number of hydrogen-bond donors (Lipinski definition) is 1. The van der Waals surface area contributed by atoms with E-state index in [0.717, 1.165) is 34.7 Å². The normalized spacial score (nSPS) is 14.0. The van der Waals surface area contributed by atoms with Crippen LogP contribution in [0.3, 0.4) is 0 Å². The highest BCUT2D eigenvalue weighted by Gasteiger charge is 2.22. The molecule has 1 N–H and O–H groups in total. The van der Waals surface area contributed by atoms with E-state index in [-0.39, 0.29) is 18.4 Å². The number of amides is 2. The van der Waals surface area contributed by atoms with Crippen LogP contribution in [0.5, 0.6) is 0 Å². The van der Waals surface area contributed by atoms with Gasteiger partial charge in [-0.3, -0.25) is 9.59 Å². The predicted molar refractivity (Wildman–Crippen MR) is 119 cm³/mol. The molecule has 0 radical (unpaired) electrons. The van der Waals surface area contributed by atoms with Crippen LogP contribution in [0.1, 0.15) is 18.7 Å². The van der Waals surface area contributed by atoms with E-state index in [4.69, 9.17) is 11.6 Å². The van der Waals surface area contributed by atoms with Crippen molar-refractivity contribution in [2.45, 2.75) is 25.1 Å². The molecular weight excluding hydrogens is 408 g/mol. The van der Waals surface area contributed by atoms with Gasteiger partial charge in [-0.05, 0) is 43.0 Å². The van der Waals surface area contributed by atoms with Crippen LogP contribution in [0.4, 0.5) is 11.4 Å². The lowest BCUT2D eigenvalue weighted by atomic mass is 10.2. The number of carbonyl (C=O) groups excluding carboxylic acids is 2. The first kappa shape index (κ1) is 19.8. The molecule has 8 heteroatoms. The van der Waals surface area contributed by atoms with E-state index in [1.54, 1.807) is 34.9 Å². The Morgan fingerprint density at radius 3 is 2.86 bits per heavy atom. The second-order valence-corrected chi connectivity index (χ2v) is 8.17. The Bertz CT molecular complexity index is 1080. The number of para-hydroxylation sites is 2. The largest absolute Gasteiger partial charge is 0.323 e. The van der Waals surface area contributed by atoms with Gasteiger partial charge in [0.25, 0.3) is 0 Å². The van der Waals surface area contributed by atoms with E-state index in [0.29, 0.717) is 23.7 Å². The first-order chi connectivity index (χ1) is 14.1. The van der Waals surface area contributed by atoms with Crippen molar-refractivity contribution in [3.8, 4) is 0 Å². The van der Waals surface area contributed by atoms with E-state index >= 15 is 0 Å². The lowest BCUT2D eigenvalue weighted by Crippen LogP contribution is -2.24. The molecule has 3 aromatic rings. The van der Waals surface area contributed by atoms with Gasteiger partial charge in [0.15, 0.2) is 0 Å². The molecule has 1 aliphatic rings. The molecule has 2 amide bonds. The zero-order chi connectivity index (χ0) is 20.4. The Morgan fingerprint density at radius 1 is 1.28 bits per heavy atom. The summed E-state index contributed by atoms with van der Waals surface area (Å²) in [6.45, 7) is 0.826. The second kappa shape index (κ2) is 8.47. The maximum absolute atomic E-state index is 12.8. The van der Waals surface area contributed by atoms with Crippen molar-refractivity contribution in [3.63, 3.8) is 0 Å². The third-order valence-electron chi connectivity index (χ3n) is 4.92. The number of nitrogens with one attached hydrogen (secondary N) is 1. The number of nitrogens with zero attached hydrogens (tertiary/aromatic N) is 3. The molecule has 0 spiro atoms. The molecule has 1 aromatic heterocycles. The number of fused-ring (bicyclic) bond motifs is 1. The van der Waals surface area contributed by atoms with Crippen LogP contribution in [-0.4, -0.2) is 34.2 Å². The standard InChI is InChI=1S/C21H21ClN4O2S/c1-29-13-19-23-16-5-2-3-6-18(16)26(19)12-20(27)24-17-11-14(8-9-15(17)22)25-10-4-7-21(25)28/h2-3,5-6,8-9,11H,4,7,10,12-13H2,1H3,(H,24,27). The van der Waals surface area contributed by atoms with Crippen LogP contribution in [-0.2, 0) is 21.9 Å². The van der Waals surface area contributed by atoms with Gasteiger partial charge in [-0.1, -0.05) is 23.7 Å². The summed E-state index contributed by atoms with van der Waals surface area (Å²) in [5.74, 6) is 1.48. The summed E-state index contributed by atoms with van der Waals surface area (Å²) < 4.78 is 1.93. The van der Waals surface area contributed by atoms with Gasteiger partial charge in [-0.15, -0.1) is 0 Å². The quantitative estimate of drug-likeness (QED) is 0.635. The lowest BCUT2D eigenvalue weighted by molar-refractivity contribution is -0.117. The van der Waals surface area contributed by atoms with Crippen molar-refractivity contribution >= 4 is 57.6 Å². The third-order valence-corrected chi connectivity index (χ3v) is 5.79. The summed E-state index contributed by atoms with van der Waals surface area (Å²) in [5.41, 5.74) is 3.05. The highest BCUT2D eigenvalue weighted by atomic mass is 35.5. The van der Waals surface area contributed by atoms with Crippen LogP contribution < -0.4 is 10.2 Å². The Labute approximate surface area is 178 Å².